The van der Waals surface area contributed by atoms with Gasteiger partial charge in [-0.15, -0.1) is 11.3 Å². The molecule has 0 amide bonds. The first-order valence-electron chi connectivity index (χ1n) is 4.35. The summed E-state index contributed by atoms with van der Waals surface area (Å²) < 4.78 is 37.5. The van der Waals surface area contributed by atoms with Gasteiger partial charge < -0.3 is 5.11 Å². The molecule has 0 unspecified atom stereocenters. The van der Waals surface area contributed by atoms with Gasteiger partial charge in [-0.05, 0) is 0 Å². The average molecular weight is 253 g/mol. The second-order valence-electron chi connectivity index (χ2n) is 4.25. The third-order valence-electron chi connectivity index (χ3n) is 1.73. The molecule has 1 aromatic heterocycles. The fourth-order valence-electron chi connectivity index (χ4n) is 0.978. The molecule has 0 aliphatic carbocycles. The molecule has 0 aromatic carbocycles. The van der Waals surface area contributed by atoms with E-state index in [-0.39, 0.29) is 5.01 Å². The average Bonchev–Trinajstić information content (AvgIpc) is 2.44. The molecule has 0 saturated carbocycles. The number of halogens is 3. The summed E-state index contributed by atoms with van der Waals surface area (Å²) in [7, 11) is 0. The fourth-order valence-corrected chi connectivity index (χ4v) is 1.96. The van der Waals surface area contributed by atoms with E-state index in [4.69, 9.17) is 5.11 Å². The number of aromatic carboxylic acids is 1. The highest BCUT2D eigenvalue weighted by atomic mass is 32.1. The Hall–Kier alpha value is -1.11. The van der Waals surface area contributed by atoms with Crippen LogP contribution in [-0.2, 0) is 11.6 Å². The zero-order valence-electron chi connectivity index (χ0n) is 8.84. The van der Waals surface area contributed by atoms with Crippen molar-refractivity contribution in [1.82, 2.24) is 4.98 Å². The lowest BCUT2D eigenvalue weighted by atomic mass is 9.98. The van der Waals surface area contributed by atoms with Crippen molar-refractivity contribution in [3.8, 4) is 0 Å². The number of carboxylic acids is 1. The van der Waals surface area contributed by atoms with E-state index in [2.05, 4.69) is 4.98 Å². The van der Waals surface area contributed by atoms with E-state index in [1.807, 2.05) is 0 Å². The summed E-state index contributed by atoms with van der Waals surface area (Å²) in [6.07, 6.45) is -4.73. The van der Waals surface area contributed by atoms with E-state index < -0.39 is 28.1 Å². The minimum Gasteiger partial charge on any atom is -0.477 e. The Balaban J connectivity index is 3.38. The minimum absolute atomic E-state index is 0.164. The van der Waals surface area contributed by atoms with Gasteiger partial charge in [-0.25, -0.2) is 9.78 Å². The summed E-state index contributed by atoms with van der Waals surface area (Å²) in [5.74, 6) is -1.60. The minimum atomic E-state index is -4.73. The van der Waals surface area contributed by atoms with Crippen LogP contribution in [0.4, 0.5) is 13.2 Å². The Labute approximate surface area is 93.9 Å². The zero-order chi connectivity index (χ0) is 12.7. The highest BCUT2D eigenvalue weighted by Crippen LogP contribution is 2.37. The summed E-state index contributed by atoms with van der Waals surface area (Å²) in [6.45, 7) is 5.03. The summed E-state index contributed by atoms with van der Waals surface area (Å²) in [5, 5.41) is 8.84. The monoisotopic (exact) mass is 253 g/mol. The van der Waals surface area contributed by atoms with Crippen LogP contribution in [0.25, 0.3) is 0 Å². The molecule has 0 atom stereocenters. The standard InChI is InChI=1S/C9H10F3NO2S/c1-8(2,3)7-13-5(9(10,11)12)4(16-7)6(14)15/h1-3H3,(H,14,15). The molecule has 1 N–H and O–H groups in total. The van der Waals surface area contributed by atoms with Gasteiger partial charge in [-0.3, -0.25) is 0 Å². The molecule has 1 aromatic rings. The van der Waals surface area contributed by atoms with Crippen LogP contribution < -0.4 is 0 Å². The first-order valence-corrected chi connectivity index (χ1v) is 5.17. The van der Waals surface area contributed by atoms with Crippen molar-refractivity contribution in [2.75, 3.05) is 0 Å². The van der Waals surface area contributed by atoms with Crippen LogP contribution in [-0.4, -0.2) is 16.1 Å². The molecule has 7 heteroatoms. The number of carboxylic acid groups (broad SMARTS) is 1. The number of aromatic nitrogens is 1. The highest BCUT2D eigenvalue weighted by molar-refractivity contribution is 7.13. The van der Waals surface area contributed by atoms with Gasteiger partial charge in [-0.2, -0.15) is 13.2 Å². The first kappa shape index (κ1) is 13.0. The third-order valence-corrected chi connectivity index (χ3v) is 3.20. The maximum absolute atomic E-state index is 12.5. The van der Waals surface area contributed by atoms with Crippen molar-refractivity contribution in [2.45, 2.75) is 32.4 Å². The lowest BCUT2D eigenvalue weighted by Crippen LogP contribution is -2.14. The van der Waals surface area contributed by atoms with Crippen molar-refractivity contribution in [2.24, 2.45) is 0 Å². The van der Waals surface area contributed by atoms with E-state index >= 15 is 0 Å². The van der Waals surface area contributed by atoms with Crippen LogP contribution >= 0.6 is 11.3 Å². The molecule has 0 aliphatic heterocycles. The van der Waals surface area contributed by atoms with Crippen LogP contribution in [0.2, 0.25) is 0 Å². The fraction of sp³-hybridized carbons (Fsp3) is 0.556. The van der Waals surface area contributed by atoms with E-state index in [0.29, 0.717) is 11.3 Å². The Bertz CT molecular complexity index is 417. The van der Waals surface area contributed by atoms with Gasteiger partial charge in [0.05, 0.1) is 5.01 Å². The van der Waals surface area contributed by atoms with Crippen LogP contribution in [0.15, 0.2) is 0 Å². The lowest BCUT2D eigenvalue weighted by Gasteiger charge is -2.13. The van der Waals surface area contributed by atoms with Crippen molar-refractivity contribution < 1.29 is 23.1 Å². The van der Waals surface area contributed by atoms with Gasteiger partial charge in [0.15, 0.2) is 5.69 Å². The molecule has 0 fully saturated rings. The topological polar surface area (TPSA) is 50.2 Å². The number of carbonyl (C=O) groups is 1. The van der Waals surface area contributed by atoms with Gasteiger partial charge in [0.25, 0.3) is 0 Å². The summed E-state index contributed by atoms with van der Waals surface area (Å²) >= 11 is 0.571. The van der Waals surface area contributed by atoms with Gasteiger partial charge in [0, 0.05) is 5.41 Å². The van der Waals surface area contributed by atoms with Crippen molar-refractivity contribution in [1.29, 1.82) is 0 Å². The summed E-state index contributed by atoms with van der Waals surface area (Å²) in [5.41, 5.74) is -1.91. The van der Waals surface area contributed by atoms with E-state index in [0.717, 1.165) is 0 Å². The molecule has 16 heavy (non-hydrogen) atoms. The van der Waals surface area contributed by atoms with E-state index in [1.165, 1.54) is 0 Å². The van der Waals surface area contributed by atoms with Gasteiger partial charge in [-0.1, -0.05) is 20.8 Å². The van der Waals surface area contributed by atoms with Gasteiger partial charge >= 0.3 is 12.1 Å². The second kappa shape index (κ2) is 3.73. The smallest absolute Gasteiger partial charge is 0.435 e. The first-order chi connectivity index (χ1) is 7.03. The molecule has 1 heterocycles. The predicted molar refractivity (Wildman–Crippen MR) is 52.8 cm³/mol. The Kier molecular flexibility index (Phi) is 3.02. The van der Waals surface area contributed by atoms with Crippen LogP contribution in [0.5, 0.6) is 0 Å². The molecular weight excluding hydrogens is 243 g/mol. The second-order valence-corrected chi connectivity index (χ2v) is 5.25. The zero-order valence-corrected chi connectivity index (χ0v) is 9.66. The molecule has 0 aliphatic rings. The lowest BCUT2D eigenvalue weighted by molar-refractivity contribution is -0.141. The molecule has 0 saturated heterocycles. The predicted octanol–water partition coefficient (Wildman–Crippen LogP) is 3.16. The molecule has 1 rings (SSSR count). The van der Waals surface area contributed by atoms with Crippen LogP contribution in [0, 0.1) is 0 Å². The summed E-state index contributed by atoms with van der Waals surface area (Å²) in [4.78, 5) is 13.3. The van der Waals surface area contributed by atoms with Gasteiger partial charge in [0.2, 0.25) is 0 Å². The Morgan fingerprint density at radius 2 is 1.81 bits per heavy atom. The number of hydrogen-bond donors (Lipinski definition) is 1. The normalized spacial score (nSPS) is 12.9. The number of hydrogen-bond acceptors (Lipinski definition) is 3. The maximum Gasteiger partial charge on any atom is 0.435 e. The molecule has 0 radical (unpaired) electrons. The largest absolute Gasteiger partial charge is 0.477 e. The number of nitrogens with zero attached hydrogens (tertiary/aromatic N) is 1. The summed E-state index contributed by atoms with van der Waals surface area (Å²) in [6, 6.07) is 0. The van der Waals surface area contributed by atoms with Crippen molar-refractivity contribution >= 4 is 17.3 Å². The van der Waals surface area contributed by atoms with E-state index in [9.17, 15) is 18.0 Å². The molecular formula is C9H10F3NO2S. The number of rotatable bonds is 1. The Morgan fingerprint density at radius 3 is 2.06 bits per heavy atom. The van der Waals surface area contributed by atoms with E-state index in [1.54, 1.807) is 20.8 Å². The Morgan fingerprint density at radius 1 is 1.31 bits per heavy atom. The molecule has 0 bridgehead atoms. The molecule has 90 valence electrons. The quantitative estimate of drug-likeness (QED) is 0.836. The van der Waals surface area contributed by atoms with Gasteiger partial charge in [0.1, 0.15) is 4.88 Å². The third kappa shape index (κ3) is 2.52. The van der Waals surface area contributed by atoms with Crippen LogP contribution in [0.1, 0.15) is 41.1 Å². The van der Waals surface area contributed by atoms with Crippen molar-refractivity contribution in [3.05, 3.63) is 15.6 Å². The highest BCUT2D eigenvalue weighted by Gasteiger charge is 2.40. The van der Waals surface area contributed by atoms with Crippen LogP contribution in [0.3, 0.4) is 0 Å². The number of thiazole rings is 1. The van der Waals surface area contributed by atoms with Crippen molar-refractivity contribution in [3.63, 3.8) is 0 Å². The molecule has 3 nitrogen and oxygen atoms in total. The number of alkyl halides is 3. The SMILES string of the molecule is CC(C)(C)c1nc(C(F)(F)F)c(C(=O)O)s1. The maximum atomic E-state index is 12.5. The molecule has 0 spiro atoms.